The molecule has 3 rings (SSSR count). The van der Waals surface area contributed by atoms with Crippen LogP contribution >= 0.6 is 11.8 Å². The van der Waals surface area contributed by atoms with E-state index in [2.05, 4.69) is 15.5 Å². The van der Waals surface area contributed by atoms with Gasteiger partial charge in [-0.3, -0.25) is 9.36 Å². The smallest absolute Gasteiger partial charge is 0.230 e. The number of amides is 1. The molecule has 0 aliphatic heterocycles. The predicted octanol–water partition coefficient (Wildman–Crippen LogP) is 3.01. The first-order valence-corrected chi connectivity index (χ1v) is 10.2. The van der Waals surface area contributed by atoms with Crippen LogP contribution in [0.1, 0.15) is 5.56 Å². The summed E-state index contributed by atoms with van der Waals surface area (Å²) in [5.41, 5.74) is 1.99. The Hall–Kier alpha value is -2.84. The van der Waals surface area contributed by atoms with E-state index in [1.54, 1.807) is 14.2 Å². The van der Waals surface area contributed by atoms with Crippen LogP contribution in [0.2, 0.25) is 0 Å². The van der Waals surface area contributed by atoms with E-state index >= 15 is 0 Å². The summed E-state index contributed by atoms with van der Waals surface area (Å²) in [4.78, 5) is 12.3. The van der Waals surface area contributed by atoms with Gasteiger partial charge in [0.25, 0.3) is 0 Å². The van der Waals surface area contributed by atoms with Crippen LogP contribution in [0.3, 0.4) is 0 Å². The molecule has 0 spiro atoms. The van der Waals surface area contributed by atoms with Gasteiger partial charge in [0.15, 0.2) is 11.0 Å². The maximum Gasteiger partial charge on any atom is 0.230 e. The Morgan fingerprint density at radius 2 is 1.83 bits per heavy atom. The van der Waals surface area contributed by atoms with E-state index in [1.807, 2.05) is 59.2 Å². The van der Waals surface area contributed by atoms with E-state index < -0.39 is 0 Å². The standard InChI is InChI=1S/C21H24N4O3S/c1-27-13-12-25-20(17-6-4-3-5-7-17)23-24-21(25)29-15-19(26)22-14-16-8-10-18(28-2)11-9-16/h3-11H,12-15H2,1-2H3,(H,22,26). The summed E-state index contributed by atoms with van der Waals surface area (Å²) in [7, 11) is 3.29. The molecule has 0 saturated heterocycles. The van der Waals surface area contributed by atoms with Gasteiger partial charge in [-0.1, -0.05) is 54.2 Å². The minimum Gasteiger partial charge on any atom is -0.497 e. The number of benzene rings is 2. The van der Waals surface area contributed by atoms with Crippen molar-refractivity contribution in [3.8, 4) is 17.1 Å². The highest BCUT2D eigenvalue weighted by Crippen LogP contribution is 2.23. The molecule has 2 aromatic carbocycles. The Morgan fingerprint density at radius 3 is 2.52 bits per heavy atom. The molecule has 8 heteroatoms. The fraction of sp³-hybridized carbons (Fsp3) is 0.286. The van der Waals surface area contributed by atoms with Gasteiger partial charge in [-0.05, 0) is 17.7 Å². The van der Waals surface area contributed by atoms with E-state index in [4.69, 9.17) is 9.47 Å². The number of hydrogen-bond acceptors (Lipinski definition) is 6. The van der Waals surface area contributed by atoms with Crippen LogP contribution in [0.4, 0.5) is 0 Å². The quantitative estimate of drug-likeness (QED) is 0.516. The summed E-state index contributed by atoms with van der Waals surface area (Å²) in [6.07, 6.45) is 0. The molecule has 1 heterocycles. The molecule has 0 bridgehead atoms. The number of hydrogen-bond donors (Lipinski definition) is 1. The van der Waals surface area contributed by atoms with E-state index in [1.165, 1.54) is 11.8 Å². The number of aromatic nitrogens is 3. The van der Waals surface area contributed by atoms with Crippen LogP contribution in [-0.2, 0) is 22.6 Å². The molecule has 0 radical (unpaired) electrons. The van der Waals surface area contributed by atoms with E-state index in [0.717, 1.165) is 22.7 Å². The van der Waals surface area contributed by atoms with Crippen LogP contribution < -0.4 is 10.1 Å². The minimum absolute atomic E-state index is 0.0617. The van der Waals surface area contributed by atoms with Crippen molar-refractivity contribution in [3.63, 3.8) is 0 Å². The van der Waals surface area contributed by atoms with Gasteiger partial charge in [0, 0.05) is 19.2 Å². The van der Waals surface area contributed by atoms with Crippen LogP contribution in [0.25, 0.3) is 11.4 Å². The van der Waals surface area contributed by atoms with Crippen molar-refractivity contribution in [2.24, 2.45) is 0 Å². The summed E-state index contributed by atoms with van der Waals surface area (Å²) >= 11 is 1.36. The molecule has 1 amide bonds. The van der Waals surface area contributed by atoms with Crippen LogP contribution in [-0.4, -0.2) is 47.3 Å². The van der Waals surface area contributed by atoms with Gasteiger partial charge >= 0.3 is 0 Å². The second-order valence-electron chi connectivity index (χ2n) is 6.23. The first-order chi connectivity index (χ1) is 14.2. The van der Waals surface area contributed by atoms with Gasteiger partial charge in [-0.2, -0.15) is 0 Å². The number of carbonyl (C=O) groups is 1. The largest absolute Gasteiger partial charge is 0.497 e. The number of rotatable bonds is 10. The van der Waals surface area contributed by atoms with Gasteiger partial charge < -0.3 is 14.8 Å². The minimum atomic E-state index is -0.0617. The Morgan fingerprint density at radius 1 is 1.07 bits per heavy atom. The lowest BCUT2D eigenvalue weighted by Gasteiger charge is -2.10. The Kier molecular flexibility index (Phi) is 7.66. The Balaban J connectivity index is 1.60. The third kappa shape index (κ3) is 5.82. The molecule has 1 aromatic heterocycles. The molecule has 7 nitrogen and oxygen atoms in total. The lowest BCUT2D eigenvalue weighted by atomic mass is 10.2. The maximum atomic E-state index is 12.3. The molecule has 0 unspecified atom stereocenters. The van der Waals surface area contributed by atoms with Crippen molar-refractivity contribution < 1.29 is 14.3 Å². The molecule has 0 aliphatic rings. The lowest BCUT2D eigenvalue weighted by molar-refractivity contribution is -0.118. The average Bonchev–Trinajstić information content (AvgIpc) is 3.18. The van der Waals surface area contributed by atoms with Crippen molar-refractivity contribution in [3.05, 3.63) is 60.2 Å². The average molecular weight is 413 g/mol. The molecule has 152 valence electrons. The highest BCUT2D eigenvalue weighted by atomic mass is 32.2. The molecular weight excluding hydrogens is 388 g/mol. The van der Waals surface area contributed by atoms with Crippen LogP contribution in [0.15, 0.2) is 59.8 Å². The second-order valence-corrected chi connectivity index (χ2v) is 7.17. The third-order valence-corrected chi connectivity index (χ3v) is 5.22. The first kappa shape index (κ1) is 20.9. The van der Waals surface area contributed by atoms with Gasteiger partial charge in [0.05, 0.1) is 26.0 Å². The first-order valence-electron chi connectivity index (χ1n) is 9.21. The molecule has 3 aromatic rings. The highest BCUT2D eigenvalue weighted by Gasteiger charge is 2.15. The van der Waals surface area contributed by atoms with Crippen molar-refractivity contribution in [1.82, 2.24) is 20.1 Å². The zero-order valence-electron chi connectivity index (χ0n) is 16.5. The van der Waals surface area contributed by atoms with Crippen molar-refractivity contribution in [1.29, 1.82) is 0 Å². The summed E-state index contributed by atoms with van der Waals surface area (Å²) in [5, 5.41) is 12.2. The number of nitrogens with zero attached hydrogens (tertiary/aromatic N) is 3. The monoisotopic (exact) mass is 412 g/mol. The second kappa shape index (κ2) is 10.6. The number of methoxy groups -OCH3 is 2. The molecule has 0 saturated carbocycles. The van der Waals surface area contributed by atoms with E-state index in [-0.39, 0.29) is 11.7 Å². The lowest BCUT2D eigenvalue weighted by Crippen LogP contribution is -2.24. The summed E-state index contributed by atoms with van der Waals surface area (Å²) in [5.74, 6) is 1.76. The summed E-state index contributed by atoms with van der Waals surface area (Å²) < 4.78 is 12.3. The van der Waals surface area contributed by atoms with E-state index in [0.29, 0.717) is 24.9 Å². The third-order valence-electron chi connectivity index (χ3n) is 4.25. The molecule has 29 heavy (non-hydrogen) atoms. The topological polar surface area (TPSA) is 78.3 Å². The molecule has 0 fully saturated rings. The zero-order chi connectivity index (χ0) is 20.5. The van der Waals surface area contributed by atoms with Gasteiger partial charge in [0.2, 0.25) is 5.91 Å². The molecule has 0 aliphatic carbocycles. The zero-order valence-corrected chi connectivity index (χ0v) is 17.3. The molecule has 1 N–H and O–H groups in total. The number of nitrogens with one attached hydrogen (secondary N) is 1. The normalized spacial score (nSPS) is 10.7. The maximum absolute atomic E-state index is 12.3. The molecule has 0 atom stereocenters. The highest BCUT2D eigenvalue weighted by molar-refractivity contribution is 7.99. The fourth-order valence-electron chi connectivity index (χ4n) is 2.71. The summed E-state index contributed by atoms with van der Waals surface area (Å²) in [6, 6.07) is 17.5. The fourth-order valence-corrected chi connectivity index (χ4v) is 3.50. The van der Waals surface area contributed by atoms with Crippen molar-refractivity contribution >= 4 is 17.7 Å². The Labute approximate surface area is 174 Å². The van der Waals surface area contributed by atoms with Crippen LogP contribution in [0, 0.1) is 0 Å². The SMILES string of the molecule is COCCn1c(SCC(=O)NCc2ccc(OC)cc2)nnc1-c1ccccc1. The van der Waals surface area contributed by atoms with Gasteiger partial charge in [-0.15, -0.1) is 10.2 Å². The van der Waals surface area contributed by atoms with Crippen molar-refractivity contribution in [2.45, 2.75) is 18.2 Å². The van der Waals surface area contributed by atoms with E-state index in [9.17, 15) is 4.79 Å². The van der Waals surface area contributed by atoms with Gasteiger partial charge in [-0.25, -0.2) is 0 Å². The van der Waals surface area contributed by atoms with Crippen LogP contribution in [0.5, 0.6) is 5.75 Å². The Bertz CT molecular complexity index is 913. The molecular formula is C21H24N4O3S. The van der Waals surface area contributed by atoms with Crippen molar-refractivity contribution in [2.75, 3.05) is 26.6 Å². The summed E-state index contributed by atoms with van der Waals surface area (Å²) in [6.45, 7) is 1.62. The predicted molar refractivity (Wildman–Crippen MR) is 113 cm³/mol. The number of ether oxygens (including phenoxy) is 2. The number of carbonyl (C=O) groups excluding carboxylic acids is 1. The number of thioether (sulfide) groups is 1. The van der Waals surface area contributed by atoms with Gasteiger partial charge in [0.1, 0.15) is 5.75 Å².